The van der Waals surface area contributed by atoms with Crippen molar-refractivity contribution in [1.82, 2.24) is 4.90 Å². The van der Waals surface area contributed by atoms with Crippen LogP contribution in [0.1, 0.15) is 40.6 Å². The summed E-state index contributed by atoms with van der Waals surface area (Å²) in [6.07, 6.45) is 4.00. The second-order valence-corrected chi connectivity index (χ2v) is 7.99. The summed E-state index contributed by atoms with van der Waals surface area (Å²) in [7, 11) is 1.37. The number of fused-ring (bicyclic) bond motifs is 1. The predicted octanol–water partition coefficient (Wildman–Crippen LogP) is 0.0990. The number of quaternary nitrogens is 1. The first-order valence-corrected chi connectivity index (χ1v) is 9.93. The molecule has 0 aromatic carbocycles. The van der Waals surface area contributed by atoms with Crippen LogP contribution in [-0.4, -0.2) is 62.5 Å². The van der Waals surface area contributed by atoms with Gasteiger partial charge < -0.3 is 19.9 Å². The molecule has 2 amide bonds. The van der Waals surface area contributed by atoms with Gasteiger partial charge in [-0.2, -0.15) is 0 Å². The lowest BCUT2D eigenvalue weighted by atomic mass is 9.95. The summed E-state index contributed by atoms with van der Waals surface area (Å²) in [6.45, 7) is 4.80. The molecule has 1 aromatic heterocycles. The highest BCUT2D eigenvalue weighted by Crippen LogP contribution is 2.38. The zero-order chi connectivity index (χ0) is 18.7. The molecule has 0 saturated carbocycles. The maximum absolute atomic E-state index is 12.5. The molecule has 0 spiro atoms. The van der Waals surface area contributed by atoms with Crippen LogP contribution in [0.3, 0.4) is 0 Å². The first kappa shape index (κ1) is 18.8. The highest BCUT2D eigenvalue weighted by molar-refractivity contribution is 7.17. The van der Waals surface area contributed by atoms with E-state index >= 15 is 0 Å². The van der Waals surface area contributed by atoms with Crippen molar-refractivity contribution in [3.63, 3.8) is 0 Å². The topological polar surface area (TPSA) is 80.2 Å². The lowest BCUT2D eigenvalue weighted by molar-refractivity contribution is -0.895. The molecule has 7 nitrogen and oxygen atoms in total. The number of thiophene rings is 1. The molecule has 2 aliphatic rings. The predicted molar refractivity (Wildman–Crippen MR) is 98.7 cm³/mol. The number of nitrogens with one attached hydrogen (secondary N) is 2. The molecule has 0 atom stereocenters. The van der Waals surface area contributed by atoms with E-state index in [1.165, 1.54) is 23.3 Å². The highest BCUT2D eigenvalue weighted by Gasteiger charge is 2.28. The molecule has 1 saturated heterocycles. The van der Waals surface area contributed by atoms with Gasteiger partial charge in [-0.05, 0) is 31.2 Å². The van der Waals surface area contributed by atoms with Crippen LogP contribution >= 0.6 is 11.3 Å². The Morgan fingerprint density at radius 3 is 2.54 bits per heavy atom. The van der Waals surface area contributed by atoms with Gasteiger partial charge >= 0.3 is 5.97 Å². The third kappa shape index (κ3) is 4.07. The Labute approximate surface area is 157 Å². The van der Waals surface area contributed by atoms with Crippen LogP contribution in [0.25, 0.3) is 0 Å². The standard InChI is InChI=1S/C18H25N3O4S/c1-12(22)21-9-7-20(8-10-21)11-15(23)19-17-16(18(24)25-2)13-5-3-4-6-14(13)26-17/h3-11H2,1-2H3,(H,19,23)/p+1. The van der Waals surface area contributed by atoms with Crippen LogP contribution in [0.15, 0.2) is 0 Å². The summed E-state index contributed by atoms with van der Waals surface area (Å²) < 4.78 is 4.94. The summed E-state index contributed by atoms with van der Waals surface area (Å²) in [4.78, 5) is 40.3. The van der Waals surface area contributed by atoms with Crippen molar-refractivity contribution in [3.05, 3.63) is 16.0 Å². The second kappa shape index (κ2) is 8.18. The van der Waals surface area contributed by atoms with E-state index in [-0.39, 0.29) is 17.8 Å². The van der Waals surface area contributed by atoms with Gasteiger partial charge in [-0.1, -0.05) is 0 Å². The Hall–Kier alpha value is -1.93. The van der Waals surface area contributed by atoms with Gasteiger partial charge in [0.25, 0.3) is 5.91 Å². The zero-order valence-corrected chi connectivity index (χ0v) is 16.2. The summed E-state index contributed by atoms with van der Waals surface area (Å²) in [5.74, 6) is -0.387. The molecule has 1 aromatic rings. The van der Waals surface area contributed by atoms with E-state index in [1.54, 1.807) is 6.92 Å². The molecule has 26 heavy (non-hydrogen) atoms. The third-order valence-electron chi connectivity index (χ3n) is 5.14. The van der Waals surface area contributed by atoms with Crippen molar-refractivity contribution in [1.29, 1.82) is 0 Å². The van der Waals surface area contributed by atoms with Crippen molar-refractivity contribution in [2.45, 2.75) is 32.6 Å². The smallest absolute Gasteiger partial charge is 0.341 e. The molecule has 1 fully saturated rings. The van der Waals surface area contributed by atoms with E-state index in [2.05, 4.69) is 5.32 Å². The van der Waals surface area contributed by atoms with Gasteiger partial charge in [0, 0.05) is 11.8 Å². The fourth-order valence-corrected chi connectivity index (χ4v) is 4.98. The van der Waals surface area contributed by atoms with Crippen LogP contribution in [0.4, 0.5) is 5.00 Å². The van der Waals surface area contributed by atoms with Crippen molar-refractivity contribution in [2.24, 2.45) is 0 Å². The summed E-state index contributed by atoms with van der Waals surface area (Å²) in [6, 6.07) is 0. The Morgan fingerprint density at radius 1 is 1.19 bits per heavy atom. The van der Waals surface area contributed by atoms with Gasteiger partial charge in [-0.25, -0.2) is 4.79 Å². The van der Waals surface area contributed by atoms with Crippen LogP contribution < -0.4 is 10.2 Å². The number of aryl methyl sites for hydroxylation is 1. The van der Waals surface area contributed by atoms with Gasteiger partial charge in [0.2, 0.25) is 5.91 Å². The minimum Gasteiger partial charge on any atom is -0.465 e. The first-order valence-electron chi connectivity index (χ1n) is 9.11. The number of nitrogens with zero attached hydrogens (tertiary/aromatic N) is 1. The molecular weight excluding hydrogens is 354 g/mol. The molecular formula is C18H26N3O4S+. The molecule has 0 bridgehead atoms. The van der Waals surface area contributed by atoms with E-state index in [4.69, 9.17) is 4.74 Å². The van der Waals surface area contributed by atoms with Gasteiger partial charge in [-0.15, -0.1) is 11.3 Å². The minimum absolute atomic E-state index is 0.0837. The zero-order valence-electron chi connectivity index (χ0n) is 15.4. The number of anilines is 1. The van der Waals surface area contributed by atoms with Crippen molar-refractivity contribution in [2.75, 3.05) is 45.2 Å². The molecule has 0 radical (unpaired) electrons. The van der Waals surface area contributed by atoms with Crippen molar-refractivity contribution < 1.29 is 24.0 Å². The van der Waals surface area contributed by atoms with Gasteiger partial charge in [0.05, 0.1) is 38.9 Å². The Bertz CT molecular complexity index is 708. The Morgan fingerprint density at radius 2 is 1.88 bits per heavy atom. The largest absolute Gasteiger partial charge is 0.465 e. The van der Waals surface area contributed by atoms with Crippen LogP contribution in [0, 0.1) is 0 Å². The maximum atomic E-state index is 12.5. The minimum atomic E-state index is -0.373. The molecule has 1 aliphatic carbocycles. The average Bonchev–Trinajstić information content (AvgIpc) is 2.99. The summed E-state index contributed by atoms with van der Waals surface area (Å²) in [5.41, 5.74) is 1.59. The van der Waals surface area contributed by atoms with Crippen molar-refractivity contribution >= 4 is 34.1 Å². The lowest BCUT2D eigenvalue weighted by Crippen LogP contribution is -3.15. The number of ether oxygens (including phenoxy) is 1. The molecule has 2 heterocycles. The SMILES string of the molecule is COC(=O)c1c(NC(=O)C[NH+]2CCN(C(C)=O)CC2)sc2c1CCCC2. The van der Waals surface area contributed by atoms with Crippen LogP contribution in [0.2, 0.25) is 0 Å². The van der Waals surface area contributed by atoms with Crippen LogP contribution in [-0.2, 0) is 27.2 Å². The Balaban J connectivity index is 1.65. The number of hydrogen-bond acceptors (Lipinski definition) is 5. The normalized spacial score (nSPS) is 17.5. The number of methoxy groups -OCH3 is 1. The second-order valence-electron chi connectivity index (χ2n) is 6.89. The van der Waals surface area contributed by atoms with E-state index in [1.807, 2.05) is 4.90 Å². The summed E-state index contributed by atoms with van der Waals surface area (Å²) in [5, 5.41) is 3.56. The van der Waals surface area contributed by atoms with Gasteiger partial charge in [0.15, 0.2) is 6.54 Å². The third-order valence-corrected chi connectivity index (χ3v) is 6.35. The fourth-order valence-electron chi connectivity index (χ4n) is 3.68. The average molecular weight is 380 g/mol. The van der Waals surface area contributed by atoms with Crippen LogP contribution in [0.5, 0.6) is 0 Å². The molecule has 142 valence electrons. The molecule has 8 heteroatoms. The number of piperazine rings is 1. The monoisotopic (exact) mass is 380 g/mol. The highest BCUT2D eigenvalue weighted by atomic mass is 32.1. The van der Waals surface area contributed by atoms with E-state index < -0.39 is 0 Å². The van der Waals surface area contributed by atoms with Crippen molar-refractivity contribution in [3.8, 4) is 0 Å². The quantitative estimate of drug-likeness (QED) is 0.726. The van der Waals surface area contributed by atoms with E-state index in [0.717, 1.165) is 49.2 Å². The fraction of sp³-hybridized carbons (Fsp3) is 0.611. The summed E-state index contributed by atoms with van der Waals surface area (Å²) >= 11 is 1.51. The van der Waals surface area contributed by atoms with E-state index in [0.29, 0.717) is 30.2 Å². The molecule has 0 unspecified atom stereocenters. The Kier molecular flexibility index (Phi) is 5.93. The first-order chi connectivity index (χ1) is 12.5. The van der Waals surface area contributed by atoms with Gasteiger partial charge in [0.1, 0.15) is 5.00 Å². The number of carbonyl (C=O) groups excluding carboxylic acids is 3. The van der Waals surface area contributed by atoms with E-state index in [9.17, 15) is 14.4 Å². The lowest BCUT2D eigenvalue weighted by Gasteiger charge is -2.31. The number of esters is 1. The number of hydrogen-bond donors (Lipinski definition) is 2. The number of amides is 2. The molecule has 1 aliphatic heterocycles. The number of carbonyl (C=O) groups is 3. The molecule has 3 rings (SSSR count). The maximum Gasteiger partial charge on any atom is 0.341 e. The molecule has 2 N–H and O–H groups in total. The number of rotatable bonds is 4. The van der Waals surface area contributed by atoms with Gasteiger partial charge in [-0.3, -0.25) is 9.59 Å².